The Kier molecular flexibility index (Phi) is 5.41. The maximum absolute atomic E-state index is 6.15. The molecule has 0 bridgehead atoms. The molecule has 26 heavy (non-hydrogen) atoms. The summed E-state index contributed by atoms with van der Waals surface area (Å²) in [5.41, 5.74) is 1.22. The number of hydrogen-bond donors (Lipinski definition) is 1. The van der Waals surface area contributed by atoms with Gasteiger partial charge in [-0.3, -0.25) is 0 Å². The van der Waals surface area contributed by atoms with Gasteiger partial charge in [0.1, 0.15) is 6.04 Å². The van der Waals surface area contributed by atoms with E-state index >= 15 is 0 Å². The number of aromatic nitrogens is 4. The molecule has 7 heteroatoms. The predicted molar refractivity (Wildman–Crippen MR) is 103 cm³/mol. The lowest BCUT2D eigenvalue weighted by Crippen LogP contribution is -3.15. The van der Waals surface area contributed by atoms with Crippen molar-refractivity contribution < 1.29 is 4.90 Å². The van der Waals surface area contributed by atoms with E-state index < -0.39 is 0 Å². The van der Waals surface area contributed by atoms with Crippen molar-refractivity contribution in [3.05, 3.63) is 35.1 Å². The highest BCUT2D eigenvalue weighted by Crippen LogP contribution is 2.28. The summed E-state index contributed by atoms with van der Waals surface area (Å²) in [5, 5.41) is 13.6. The number of rotatable bonds is 4. The summed E-state index contributed by atoms with van der Waals surface area (Å²) in [7, 11) is 0. The lowest BCUT2D eigenvalue weighted by atomic mass is 9.95. The van der Waals surface area contributed by atoms with Gasteiger partial charge in [-0.25, -0.2) is 4.68 Å². The first kappa shape index (κ1) is 17.7. The molecule has 1 aliphatic carbocycles. The molecule has 0 unspecified atom stereocenters. The maximum Gasteiger partial charge on any atom is 0.209 e. The largest absolute Gasteiger partial charge is 0.360 e. The van der Waals surface area contributed by atoms with Gasteiger partial charge in [0.05, 0.1) is 32.2 Å². The van der Waals surface area contributed by atoms with Crippen molar-refractivity contribution in [2.75, 3.05) is 31.1 Å². The predicted octanol–water partition coefficient (Wildman–Crippen LogP) is 2.30. The van der Waals surface area contributed by atoms with Gasteiger partial charge in [0.25, 0.3) is 0 Å². The van der Waals surface area contributed by atoms with Crippen LogP contribution in [0, 0.1) is 0 Å². The molecule has 1 aliphatic heterocycles. The molecule has 1 N–H and O–H groups in total. The Balaban J connectivity index is 1.41. The van der Waals surface area contributed by atoms with E-state index in [1.165, 1.54) is 37.8 Å². The first-order valence-corrected chi connectivity index (χ1v) is 10.2. The number of tetrazole rings is 1. The third-order valence-corrected chi connectivity index (χ3v) is 6.25. The summed E-state index contributed by atoms with van der Waals surface area (Å²) in [6.07, 6.45) is 6.36. The Morgan fingerprint density at radius 1 is 1.15 bits per heavy atom. The molecule has 1 aromatic heterocycles. The summed E-state index contributed by atoms with van der Waals surface area (Å²) in [5.74, 6) is 1.06. The highest BCUT2D eigenvalue weighted by atomic mass is 35.5. The van der Waals surface area contributed by atoms with Crippen LogP contribution in [0.25, 0.3) is 0 Å². The molecule has 6 nitrogen and oxygen atoms in total. The SMILES string of the molecule is C[C@H](c1nnnn1C1CCCCC1)[NH+]1CCN(c2cccc(Cl)c2)CC1. The first-order valence-electron chi connectivity index (χ1n) is 9.85. The van der Waals surface area contributed by atoms with Crippen LogP contribution >= 0.6 is 11.6 Å². The number of nitrogens with zero attached hydrogens (tertiary/aromatic N) is 5. The second kappa shape index (κ2) is 7.92. The minimum absolute atomic E-state index is 0.327. The van der Waals surface area contributed by atoms with Crippen LogP contribution in [0.5, 0.6) is 0 Å². The number of hydrogen-bond acceptors (Lipinski definition) is 4. The standard InChI is InChI=1S/C19H27ClN6/c1-15(19-21-22-23-26(19)17-7-3-2-4-8-17)24-10-12-25(13-11-24)18-9-5-6-16(20)14-18/h5-6,9,14-15,17H,2-4,7-8,10-13H2,1H3/p+1/t15-/m1/s1. The second-order valence-electron chi connectivity index (χ2n) is 7.62. The molecule has 1 aromatic carbocycles. The minimum Gasteiger partial charge on any atom is -0.360 e. The van der Waals surface area contributed by atoms with Crippen molar-refractivity contribution in [2.24, 2.45) is 0 Å². The molecule has 2 fully saturated rings. The van der Waals surface area contributed by atoms with Crippen molar-refractivity contribution in [1.82, 2.24) is 20.2 Å². The average molecular weight is 376 g/mol. The van der Waals surface area contributed by atoms with Gasteiger partial charge in [-0.2, -0.15) is 0 Å². The summed E-state index contributed by atoms with van der Waals surface area (Å²) in [4.78, 5) is 3.99. The normalized spacial score (nSPS) is 21.1. The quantitative estimate of drug-likeness (QED) is 0.890. The van der Waals surface area contributed by atoms with Crippen molar-refractivity contribution in [1.29, 1.82) is 0 Å². The van der Waals surface area contributed by atoms with Crippen LogP contribution < -0.4 is 9.80 Å². The Morgan fingerprint density at radius 2 is 1.92 bits per heavy atom. The van der Waals surface area contributed by atoms with Crippen molar-refractivity contribution in [2.45, 2.75) is 51.1 Å². The smallest absolute Gasteiger partial charge is 0.209 e. The molecule has 2 aromatic rings. The zero-order valence-corrected chi connectivity index (χ0v) is 16.2. The van der Waals surface area contributed by atoms with Crippen LogP contribution in [0.1, 0.15) is 56.9 Å². The third kappa shape index (κ3) is 3.71. The van der Waals surface area contributed by atoms with Crippen LogP contribution in [-0.4, -0.2) is 46.4 Å². The van der Waals surface area contributed by atoms with E-state index in [9.17, 15) is 0 Å². The van der Waals surface area contributed by atoms with Crippen LogP contribution in [0.3, 0.4) is 0 Å². The fourth-order valence-corrected chi connectivity index (χ4v) is 4.60. The van der Waals surface area contributed by atoms with E-state index in [0.717, 1.165) is 37.0 Å². The molecule has 140 valence electrons. The number of anilines is 1. The van der Waals surface area contributed by atoms with E-state index in [0.29, 0.717) is 12.1 Å². The van der Waals surface area contributed by atoms with Crippen LogP contribution in [0.2, 0.25) is 5.02 Å². The molecule has 1 atom stereocenters. The zero-order chi connectivity index (χ0) is 17.9. The van der Waals surface area contributed by atoms with Gasteiger partial charge < -0.3 is 9.80 Å². The molecule has 1 saturated carbocycles. The average Bonchev–Trinajstić information content (AvgIpc) is 3.18. The van der Waals surface area contributed by atoms with Gasteiger partial charge >= 0.3 is 0 Å². The Labute approximate surface area is 160 Å². The third-order valence-electron chi connectivity index (χ3n) is 6.02. The van der Waals surface area contributed by atoms with Gasteiger partial charge in [-0.1, -0.05) is 36.9 Å². The van der Waals surface area contributed by atoms with Crippen LogP contribution in [-0.2, 0) is 0 Å². The topological polar surface area (TPSA) is 51.3 Å². The van der Waals surface area contributed by atoms with Gasteiger partial charge in [-0.05, 0) is 48.4 Å². The summed E-state index contributed by atoms with van der Waals surface area (Å²) >= 11 is 6.15. The number of nitrogens with one attached hydrogen (secondary N) is 1. The van der Waals surface area contributed by atoms with Crippen molar-refractivity contribution in [3.63, 3.8) is 0 Å². The first-order chi connectivity index (χ1) is 12.7. The zero-order valence-electron chi connectivity index (χ0n) is 15.4. The lowest BCUT2D eigenvalue weighted by molar-refractivity contribution is -0.931. The second-order valence-corrected chi connectivity index (χ2v) is 8.06. The summed E-state index contributed by atoms with van der Waals surface area (Å²) in [6, 6.07) is 8.97. The van der Waals surface area contributed by atoms with Gasteiger partial charge in [-0.15, -0.1) is 5.10 Å². The Bertz CT molecular complexity index is 718. The van der Waals surface area contributed by atoms with E-state index in [1.54, 1.807) is 4.90 Å². The molecular weight excluding hydrogens is 348 g/mol. The molecule has 2 heterocycles. The van der Waals surface area contributed by atoms with Crippen molar-refractivity contribution >= 4 is 17.3 Å². The summed E-state index contributed by atoms with van der Waals surface area (Å²) in [6.45, 7) is 6.52. The number of quaternary nitrogens is 1. The Hall–Kier alpha value is -1.66. The number of halogens is 1. The monoisotopic (exact) mass is 375 g/mol. The molecule has 2 aliphatic rings. The molecule has 4 rings (SSSR count). The fraction of sp³-hybridized carbons (Fsp3) is 0.632. The van der Waals surface area contributed by atoms with Gasteiger partial charge in [0.2, 0.25) is 5.82 Å². The highest BCUT2D eigenvalue weighted by Gasteiger charge is 2.31. The van der Waals surface area contributed by atoms with Crippen molar-refractivity contribution in [3.8, 4) is 0 Å². The van der Waals surface area contributed by atoms with E-state index in [-0.39, 0.29) is 0 Å². The molecule has 1 saturated heterocycles. The minimum atomic E-state index is 0.327. The van der Waals surface area contributed by atoms with E-state index in [4.69, 9.17) is 11.6 Å². The fourth-order valence-electron chi connectivity index (χ4n) is 4.41. The molecular formula is C19H28ClN6+. The van der Waals surface area contributed by atoms with Crippen LogP contribution in [0.15, 0.2) is 24.3 Å². The maximum atomic E-state index is 6.15. The number of piperazine rings is 1. The Morgan fingerprint density at radius 3 is 2.65 bits per heavy atom. The van der Waals surface area contributed by atoms with Gasteiger partial charge in [0.15, 0.2) is 0 Å². The lowest BCUT2D eigenvalue weighted by Gasteiger charge is -2.36. The summed E-state index contributed by atoms with van der Waals surface area (Å²) < 4.78 is 2.13. The van der Waals surface area contributed by atoms with Crippen LogP contribution in [0.4, 0.5) is 5.69 Å². The van der Waals surface area contributed by atoms with E-state index in [1.807, 2.05) is 12.1 Å². The molecule has 0 amide bonds. The van der Waals surface area contributed by atoms with E-state index in [2.05, 4.69) is 44.2 Å². The molecule has 0 spiro atoms. The molecule has 0 radical (unpaired) electrons. The number of benzene rings is 1. The van der Waals surface area contributed by atoms with Gasteiger partial charge in [0, 0.05) is 10.7 Å². The highest BCUT2D eigenvalue weighted by molar-refractivity contribution is 6.30.